The molecule has 2 aromatic rings. The SMILES string of the molecule is COc1cccc(CNc2ccc(Br)nc2)c1O. The Hall–Kier alpha value is -1.75. The van der Waals surface area contributed by atoms with Gasteiger partial charge in [-0.3, -0.25) is 0 Å². The second-order valence-corrected chi connectivity index (χ2v) is 4.50. The van der Waals surface area contributed by atoms with Gasteiger partial charge in [0.05, 0.1) is 19.0 Å². The number of aromatic hydroxyl groups is 1. The molecule has 0 bridgehead atoms. The quantitative estimate of drug-likeness (QED) is 0.852. The monoisotopic (exact) mass is 308 g/mol. The number of anilines is 1. The number of phenolic OH excluding ortho intramolecular Hbond substituents is 1. The second-order valence-electron chi connectivity index (χ2n) is 3.69. The molecule has 0 aliphatic heterocycles. The number of nitrogens with one attached hydrogen (secondary N) is 1. The maximum atomic E-state index is 9.92. The van der Waals surface area contributed by atoms with E-state index >= 15 is 0 Å². The van der Waals surface area contributed by atoms with E-state index in [1.54, 1.807) is 12.3 Å². The number of hydrogen-bond donors (Lipinski definition) is 2. The summed E-state index contributed by atoms with van der Waals surface area (Å²) in [5.74, 6) is 0.640. The third kappa shape index (κ3) is 2.92. The van der Waals surface area contributed by atoms with Gasteiger partial charge < -0.3 is 15.2 Å². The molecule has 0 amide bonds. The van der Waals surface area contributed by atoms with Crippen molar-refractivity contribution in [2.75, 3.05) is 12.4 Å². The molecule has 1 aromatic heterocycles. The van der Waals surface area contributed by atoms with Gasteiger partial charge >= 0.3 is 0 Å². The minimum Gasteiger partial charge on any atom is -0.504 e. The molecule has 1 aromatic carbocycles. The van der Waals surface area contributed by atoms with Crippen molar-refractivity contribution in [3.8, 4) is 11.5 Å². The minimum absolute atomic E-state index is 0.164. The van der Waals surface area contributed by atoms with Gasteiger partial charge in [0.15, 0.2) is 11.5 Å². The van der Waals surface area contributed by atoms with Crippen LogP contribution in [0.25, 0.3) is 0 Å². The molecule has 0 saturated carbocycles. The van der Waals surface area contributed by atoms with E-state index in [0.717, 1.165) is 15.9 Å². The van der Waals surface area contributed by atoms with Gasteiger partial charge in [-0.1, -0.05) is 12.1 Å². The molecular formula is C13H13BrN2O2. The van der Waals surface area contributed by atoms with Gasteiger partial charge in [0.1, 0.15) is 4.60 Å². The number of rotatable bonds is 4. The molecule has 0 atom stereocenters. The predicted molar refractivity (Wildman–Crippen MR) is 73.9 cm³/mol. The summed E-state index contributed by atoms with van der Waals surface area (Å²) >= 11 is 3.28. The van der Waals surface area contributed by atoms with Crippen molar-refractivity contribution in [3.05, 3.63) is 46.7 Å². The lowest BCUT2D eigenvalue weighted by atomic mass is 10.2. The average Bonchev–Trinajstić information content (AvgIpc) is 2.39. The van der Waals surface area contributed by atoms with Crippen molar-refractivity contribution in [2.24, 2.45) is 0 Å². The Balaban J connectivity index is 2.08. The van der Waals surface area contributed by atoms with Crippen molar-refractivity contribution in [3.63, 3.8) is 0 Å². The molecule has 5 heteroatoms. The highest BCUT2D eigenvalue weighted by Crippen LogP contribution is 2.29. The molecule has 0 fully saturated rings. The van der Waals surface area contributed by atoms with E-state index in [9.17, 15) is 5.11 Å². The van der Waals surface area contributed by atoms with Crippen LogP contribution >= 0.6 is 15.9 Å². The van der Waals surface area contributed by atoms with Gasteiger partial charge in [-0.2, -0.15) is 0 Å². The molecule has 94 valence electrons. The second kappa shape index (κ2) is 5.73. The number of hydrogen-bond acceptors (Lipinski definition) is 4. The topological polar surface area (TPSA) is 54.4 Å². The Labute approximate surface area is 114 Å². The van der Waals surface area contributed by atoms with Crippen LogP contribution < -0.4 is 10.1 Å². The van der Waals surface area contributed by atoms with E-state index in [1.165, 1.54) is 7.11 Å². The summed E-state index contributed by atoms with van der Waals surface area (Å²) in [5, 5.41) is 13.1. The number of ether oxygens (including phenoxy) is 1. The number of methoxy groups -OCH3 is 1. The lowest BCUT2D eigenvalue weighted by Gasteiger charge is -2.10. The van der Waals surface area contributed by atoms with Crippen LogP contribution in [0, 0.1) is 0 Å². The zero-order chi connectivity index (χ0) is 13.0. The van der Waals surface area contributed by atoms with Gasteiger partial charge in [0.2, 0.25) is 0 Å². The first-order valence-corrected chi connectivity index (χ1v) is 6.20. The Morgan fingerprint density at radius 1 is 1.33 bits per heavy atom. The molecule has 0 saturated heterocycles. The highest BCUT2D eigenvalue weighted by Gasteiger charge is 2.06. The van der Waals surface area contributed by atoms with E-state index in [-0.39, 0.29) is 5.75 Å². The lowest BCUT2D eigenvalue weighted by Crippen LogP contribution is -2.00. The molecule has 0 aliphatic carbocycles. The summed E-state index contributed by atoms with van der Waals surface area (Å²) in [7, 11) is 1.53. The zero-order valence-corrected chi connectivity index (χ0v) is 11.4. The predicted octanol–water partition coefficient (Wildman–Crippen LogP) is 3.17. The number of para-hydroxylation sites is 1. The fraction of sp³-hybridized carbons (Fsp3) is 0.154. The number of benzene rings is 1. The summed E-state index contributed by atoms with van der Waals surface area (Å²) in [6, 6.07) is 9.18. The number of halogens is 1. The molecule has 18 heavy (non-hydrogen) atoms. The third-order valence-corrected chi connectivity index (χ3v) is 2.98. The van der Waals surface area contributed by atoms with Gasteiger partial charge in [-0.25, -0.2) is 4.98 Å². The molecule has 0 unspecified atom stereocenters. The van der Waals surface area contributed by atoms with Crippen molar-refractivity contribution < 1.29 is 9.84 Å². The van der Waals surface area contributed by atoms with Gasteiger partial charge in [-0.15, -0.1) is 0 Å². The Morgan fingerprint density at radius 2 is 2.17 bits per heavy atom. The lowest BCUT2D eigenvalue weighted by molar-refractivity contribution is 0.371. The maximum absolute atomic E-state index is 9.92. The van der Waals surface area contributed by atoms with Crippen molar-refractivity contribution >= 4 is 21.6 Å². The van der Waals surface area contributed by atoms with Crippen LogP contribution in [0.15, 0.2) is 41.1 Å². The molecule has 1 heterocycles. The van der Waals surface area contributed by atoms with Crippen LogP contribution in [0.4, 0.5) is 5.69 Å². The summed E-state index contributed by atoms with van der Waals surface area (Å²) < 4.78 is 5.85. The smallest absolute Gasteiger partial charge is 0.162 e. The molecule has 4 nitrogen and oxygen atoms in total. The Morgan fingerprint density at radius 3 is 2.83 bits per heavy atom. The highest BCUT2D eigenvalue weighted by molar-refractivity contribution is 9.10. The Bertz CT molecular complexity index is 529. The molecule has 0 radical (unpaired) electrons. The van der Waals surface area contributed by atoms with E-state index < -0.39 is 0 Å². The number of nitrogens with zero attached hydrogens (tertiary/aromatic N) is 1. The number of pyridine rings is 1. The normalized spacial score (nSPS) is 10.1. The molecule has 0 spiro atoms. The van der Waals surface area contributed by atoms with Crippen LogP contribution in [0.5, 0.6) is 11.5 Å². The summed E-state index contributed by atoms with van der Waals surface area (Å²) in [6.07, 6.45) is 1.72. The largest absolute Gasteiger partial charge is 0.504 e. The van der Waals surface area contributed by atoms with Gasteiger partial charge in [0.25, 0.3) is 0 Å². The van der Waals surface area contributed by atoms with Crippen LogP contribution in [0.3, 0.4) is 0 Å². The number of phenols is 1. The van der Waals surface area contributed by atoms with Crippen molar-refractivity contribution in [1.29, 1.82) is 0 Å². The number of aromatic nitrogens is 1. The van der Waals surface area contributed by atoms with Gasteiger partial charge in [0, 0.05) is 12.1 Å². The van der Waals surface area contributed by atoms with Crippen molar-refractivity contribution in [2.45, 2.75) is 6.54 Å². The first kappa shape index (κ1) is 12.7. The minimum atomic E-state index is 0.164. The fourth-order valence-electron chi connectivity index (χ4n) is 1.55. The summed E-state index contributed by atoms with van der Waals surface area (Å²) in [5.41, 5.74) is 1.66. The molecule has 2 N–H and O–H groups in total. The van der Waals surface area contributed by atoms with Crippen LogP contribution in [0.1, 0.15) is 5.56 Å². The van der Waals surface area contributed by atoms with Crippen molar-refractivity contribution in [1.82, 2.24) is 4.98 Å². The Kier molecular flexibility index (Phi) is 4.04. The first-order valence-electron chi connectivity index (χ1n) is 5.41. The van der Waals surface area contributed by atoms with E-state index in [4.69, 9.17) is 4.74 Å². The van der Waals surface area contributed by atoms with Crippen LogP contribution in [0.2, 0.25) is 0 Å². The maximum Gasteiger partial charge on any atom is 0.162 e. The fourth-order valence-corrected chi connectivity index (χ4v) is 1.79. The van der Waals surface area contributed by atoms with E-state index in [1.807, 2.05) is 24.3 Å². The average molecular weight is 309 g/mol. The third-order valence-electron chi connectivity index (χ3n) is 2.51. The molecular weight excluding hydrogens is 296 g/mol. The zero-order valence-electron chi connectivity index (χ0n) is 9.85. The summed E-state index contributed by atoms with van der Waals surface area (Å²) in [4.78, 5) is 4.11. The first-order chi connectivity index (χ1) is 8.70. The summed E-state index contributed by atoms with van der Waals surface area (Å²) in [6.45, 7) is 0.506. The molecule has 2 rings (SSSR count). The van der Waals surface area contributed by atoms with E-state index in [0.29, 0.717) is 12.3 Å². The van der Waals surface area contributed by atoms with Crippen LogP contribution in [-0.4, -0.2) is 17.2 Å². The van der Waals surface area contributed by atoms with E-state index in [2.05, 4.69) is 26.2 Å². The highest BCUT2D eigenvalue weighted by atomic mass is 79.9. The van der Waals surface area contributed by atoms with Crippen LogP contribution in [-0.2, 0) is 6.54 Å². The van der Waals surface area contributed by atoms with Gasteiger partial charge in [-0.05, 0) is 34.1 Å². The molecule has 0 aliphatic rings. The standard InChI is InChI=1S/C13H13BrN2O2/c1-18-11-4-2-3-9(13(11)17)7-15-10-5-6-12(14)16-8-10/h2-6,8,15,17H,7H2,1H3.